The van der Waals surface area contributed by atoms with Crippen LogP contribution in [0.3, 0.4) is 0 Å². The number of fused-ring (bicyclic) bond motifs is 1. The van der Waals surface area contributed by atoms with Gasteiger partial charge in [0.2, 0.25) is 0 Å². The molecule has 0 spiro atoms. The van der Waals surface area contributed by atoms with Crippen molar-refractivity contribution in [2.75, 3.05) is 6.54 Å². The molecule has 1 nitrogen and oxygen atoms in total. The fraction of sp³-hybridized carbons (Fsp3) is 0.318. The Morgan fingerprint density at radius 1 is 1.09 bits per heavy atom. The number of unbranched alkanes of at least 4 members (excludes halogenated alkanes) is 1. The lowest BCUT2D eigenvalue weighted by atomic mass is 9.92. The summed E-state index contributed by atoms with van der Waals surface area (Å²) >= 11 is 0. The molecular formula is C22H25N. The molecule has 0 heterocycles. The molecule has 118 valence electrons. The van der Waals surface area contributed by atoms with E-state index in [0.29, 0.717) is 0 Å². The molecule has 2 aromatic rings. The van der Waals surface area contributed by atoms with E-state index in [9.17, 15) is 0 Å². The van der Waals surface area contributed by atoms with Gasteiger partial charge in [-0.05, 0) is 54.2 Å². The Bertz CT molecular complexity index is 806. The number of aliphatic imine (C=N–C) groups is 1. The number of hydrogen-bond acceptors (Lipinski definition) is 1. The quantitative estimate of drug-likeness (QED) is 0.462. The van der Waals surface area contributed by atoms with Crippen LogP contribution in [0.4, 0.5) is 0 Å². The molecule has 0 saturated heterocycles. The molecule has 2 aromatic carbocycles. The standard InChI is InChI=1S/C22H25N/c1-4-5-14-23-15-22-20-9-7-6-8-18(20)11-13-21(22)19-12-10-16(2)17(19)3/h6-11,13,15H,4-5,12,14H2,1-3H3/b23-15+. The minimum atomic E-state index is 0.911. The van der Waals surface area contributed by atoms with E-state index in [4.69, 9.17) is 4.99 Å². The van der Waals surface area contributed by atoms with Gasteiger partial charge in [-0.1, -0.05) is 61.4 Å². The smallest absolute Gasteiger partial charge is 0.0389 e. The van der Waals surface area contributed by atoms with E-state index in [1.165, 1.54) is 45.0 Å². The van der Waals surface area contributed by atoms with Gasteiger partial charge in [-0.3, -0.25) is 4.99 Å². The van der Waals surface area contributed by atoms with Crippen molar-refractivity contribution in [1.82, 2.24) is 0 Å². The van der Waals surface area contributed by atoms with Gasteiger partial charge in [0.05, 0.1) is 0 Å². The highest BCUT2D eigenvalue weighted by molar-refractivity contribution is 6.05. The second-order valence-electron chi connectivity index (χ2n) is 6.33. The van der Waals surface area contributed by atoms with E-state index in [-0.39, 0.29) is 0 Å². The second kappa shape index (κ2) is 6.95. The summed E-state index contributed by atoms with van der Waals surface area (Å²) in [5.41, 5.74) is 6.89. The molecule has 0 atom stereocenters. The molecule has 0 N–H and O–H groups in total. The van der Waals surface area contributed by atoms with Crippen molar-refractivity contribution in [2.24, 2.45) is 4.99 Å². The minimum Gasteiger partial charge on any atom is -0.293 e. The van der Waals surface area contributed by atoms with Crippen LogP contribution in [0, 0.1) is 0 Å². The third-order valence-electron chi connectivity index (χ3n) is 4.81. The lowest BCUT2D eigenvalue weighted by Gasteiger charge is -2.13. The monoisotopic (exact) mass is 303 g/mol. The summed E-state index contributed by atoms with van der Waals surface area (Å²) in [7, 11) is 0. The molecule has 0 saturated carbocycles. The molecule has 0 unspecified atom stereocenters. The Balaban J connectivity index is 2.12. The molecule has 0 aliphatic heterocycles. The van der Waals surface area contributed by atoms with Crippen LogP contribution in [0.15, 0.2) is 58.6 Å². The van der Waals surface area contributed by atoms with Gasteiger partial charge in [0.25, 0.3) is 0 Å². The number of benzene rings is 2. The SMILES string of the molecule is CCCC/N=C/c1c(C2=C(C)C(C)=CC2)ccc2ccccc12. The van der Waals surface area contributed by atoms with Gasteiger partial charge in [-0.2, -0.15) is 0 Å². The van der Waals surface area contributed by atoms with Crippen LogP contribution in [0.2, 0.25) is 0 Å². The first-order valence-corrected chi connectivity index (χ1v) is 8.61. The van der Waals surface area contributed by atoms with Crippen LogP contribution in [0.1, 0.15) is 51.2 Å². The maximum atomic E-state index is 4.69. The Hall–Kier alpha value is -2.15. The summed E-state index contributed by atoms with van der Waals surface area (Å²) in [6.07, 6.45) is 7.80. The number of allylic oxidation sites excluding steroid dienone is 4. The molecule has 0 radical (unpaired) electrons. The molecule has 1 aliphatic carbocycles. The fourth-order valence-electron chi connectivity index (χ4n) is 3.21. The highest BCUT2D eigenvalue weighted by atomic mass is 14.7. The summed E-state index contributed by atoms with van der Waals surface area (Å²) in [5, 5.41) is 2.59. The normalized spacial score (nSPS) is 15.0. The molecule has 0 amide bonds. The van der Waals surface area contributed by atoms with Crippen LogP contribution in [0.25, 0.3) is 16.3 Å². The molecule has 3 rings (SSSR count). The van der Waals surface area contributed by atoms with Gasteiger partial charge >= 0.3 is 0 Å². The van der Waals surface area contributed by atoms with Gasteiger partial charge in [0.1, 0.15) is 0 Å². The number of hydrogen-bond donors (Lipinski definition) is 0. The number of nitrogens with zero attached hydrogens (tertiary/aromatic N) is 1. The first kappa shape index (κ1) is 15.7. The average Bonchev–Trinajstić information content (AvgIpc) is 2.91. The number of rotatable bonds is 5. The van der Waals surface area contributed by atoms with Gasteiger partial charge in [0, 0.05) is 18.3 Å². The third-order valence-corrected chi connectivity index (χ3v) is 4.81. The highest BCUT2D eigenvalue weighted by Crippen LogP contribution is 2.36. The Morgan fingerprint density at radius 3 is 2.65 bits per heavy atom. The Morgan fingerprint density at radius 2 is 1.91 bits per heavy atom. The van der Waals surface area contributed by atoms with Crippen molar-refractivity contribution in [3.05, 3.63) is 64.7 Å². The summed E-state index contributed by atoms with van der Waals surface area (Å²) in [4.78, 5) is 4.69. The van der Waals surface area contributed by atoms with E-state index in [0.717, 1.165) is 19.4 Å². The van der Waals surface area contributed by atoms with Crippen LogP contribution in [-0.2, 0) is 0 Å². The maximum Gasteiger partial charge on any atom is 0.0389 e. The van der Waals surface area contributed by atoms with Crippen LogP contribution >= 0.6 is 0 Å². The van der Waals surface area contributed by atoms with E-state index in [1.807, 2.05) is 0 Å². The fourth-order valence-corrected chi connectivity index (χ4v) is 3.21. The molecule has 1 heteroatoms. The molecule has 23 heavy (non-hydrogen) atoms. The average molecular weight is 303 g/mol. The van der Waals surface area contributed by atoms with Gasteiger partial charge in [0.15, 0.2) is 0 Å². The Kier molecular flexibility index (Phi) is 4.76. The molecule has 0 fully saturated rings. The molecule has 0 bridgehead atoms. The lowest BCUT2D eigenvalue weighted by molar-refractivity contribution is 0.810. The van der Waals surface area contributed by atoms with Crippen LogP contribution in [0.5, 0.6) is 0 Å². The van der Waals surface area contributed by atoms with Crippen molar-refractivity contribution in [3.63, 3.8) is 0 Å². The summed E-state index contributed by atoms with van der Waals surface area (Å²) < 4.78 is 0. The topological polar surface area (TPSA) is 12.4 Å². The second-order valence-corrected chi connectivity index (χ2v) is 6.33. The highest BCUT2D eigenvalue weighted by Gasteiger charge is 2.16. The summed E-state index contributed by atoms with van der Waals surface area (Å²) in [6, 6.07) is 13.1. The zero-order chi connectivity index (χ0) is 16.2. The van der Waals surface area contributed by atoms with Crippen molar-refractivity contribution in [3.8, 4) is 0 Å². The third kappa shape index (κ3) is 3.14. The largest absolute Gasteiger partial charge is 0.293 e. The van der Waals surface area contributed by atoms with E-state index >= 15 is 0 Å². The maximum absolute atomic E-state index is 4.69. The zero-order valence-corrected chi connectivity index (χ0v) is 14.4. The van der Waals surface area contributed by atoms with Gasteiger partial charge in [-0.15, -0.1) is 0 Å². The van der Waals surface area contributed by atoms with Crippen molar-refractivity contribution >= 4 is 22.6 Å². The zero-order valence-electron chi connectivity index (χ0n) is 14.4. The molecule has 0 aromatic heterocycles. The van der Waals surface area contributed by atoms with Crippen molar-refractivity contribution in [1.29, 1.82) is 0 Å². The van der Waals surface area contributed by atoms with Crippen molar-refractivity contribution < 1.29 is 0 Å². The van der Waals surface area contributed by atoms with E-state index < -0.39 is 0 Å². The first-order chi connectivity index (χ1) is 11.2. The summed E-state index contributed by atoms with van der Waals surface area (Å²) in [6.45, 7) is 7.56. The Labute approximate surface area is 139 Å². The van der Waals surface area contributed by atoms with E-state index in [1.54, 1.807) is 0 Å². The summed E-state index contributed by atoms with van der Waals surface area (Å²) in [5.74, 6) is 0. The van der Waals surface area contributed by atoms with E-state index in [2.05, 4.69) is 69.5 Å². The van der Waals surface area contributed by atoms with Gasteiger partial charge in [-0.25, -0.2) is 0 Å². The van der Waals surface area contributed by atoms with Gasteiger partial charge < -0.3 is 0 Å². The van der Waals surface area contributed by atoms with Crippen LogP contribution in [-0.4, -0.2) is 12.8 Å². The van der Waals surface area contributed by atoms with Crippen LogP contribution < -0.4 is 0 Å². The predicted octanol–water partition coefficient (Wildman–Crippen LogP) is 6.18. The molecular weight excluding hydrogens is 278 g/mol. The first-order valence-electron chi connectivity index (χ1n) is 8.61. The lowest BCUT2D eigenvalue weighted by Crippen LogP contribution is -1.96. The minimum absolute atomic E-state index is 0.911. The molecule has 1 aliphatic rings. The predicted molar refractivity (Wildman–Crippen MR) is 102 cm³/mol. The van der Waals surface area contributed by atoms with Crippen molar-refractivity contribution in [2.45, 2.75) is 40.0 Å².